The molecule has 6 heteroatoms. The zero-order valence-corrected chi connectivity index (χ0v) is 16.4. The van der Waals surface area contributed by atoms with Gasteiger partial charge in [0.25, 0.3) is 5.91 Å². The summed E-state index contributed by atoms with van der Waals surface area (Å²) < 4.78 is 18.4. The summed E-state index contributed by atoms with van der Waals surface area (Å²) in [6.45, 7) is 1.37. The molecule has 1 amide bonds. The number of nitrogens with one attached hydrogen (secondary N) is 1. The van der Waals surface area contributed by atoms with Crippen molar-refractivity contribution in [2.24, 2.45) is 0 Å². The second-order valence-electron chi connectivity index (χ2n) is 7.28. The Balaban J connectivity index is 1.37. The lowest BCUT2D eigenvalue weighted by molar-refractivity contribution is -0.148. The third-order valence-corrected chi connectivity index (χ3v) is 5.07. The third kappa shape index (κ3) is 5.73. The van der Waals surface area contributed by atoms with E-state index in [1.54, 1.807) is 25.1 Å². The normalized spacial score (nSPS) is 12.3. The largest absolute Gasteiger partial charge is 0.456 e. The van der Waals surface area contributed by atoms with E-state index in [4.69, 9.17) is 4.74 Å². The lowest BCUT2D eigenvalue weighted by atomic mass is 10.0. The first-order valence-corrected chi connectivity index (χ1v) is 9.75. The van der Waals surface area contributed by atoms with Crippen LogP contribution in [0.2, 0.25) is 0 Å². The fourth-order valence-corrected chi connectivity index (χ4v) is 3.32. The van der Waals surface area contributed by atoms with Gasteiger partial charge in [0, 0.05) is 18.5 Å². The third-order valence-electron chi connectivity index (χ3n) is 5.07. The smallest absolute Gasteiger partial charge is 0.306 e. The number of carbonyl (C=O) groups excluding carboxylic acids is 3. The SMILES string of the molecule is Cc1ccc(CNC(=O)COC(=O)CCC(=O)c2ccc3c(c2)CCC3)cc1F. The Labute approximate surface area is 169 Å². The number of hydrogen-bond acceptors (Lipinski definition) is 4. The van der Waals surface area contributed by atoms with Gasteiger partial charge in [-0.25, -0.2) is 4.39 Å². The topological polar surface area (TPSA) is 72.5 Å². The summed E-state index contributed by atoms with van der Waals surface area (Å²) in [5.41, 5.74) is 4.27. The molecular formula is C23H24FNO4. The molecule has 3 rings (SSSR count). The molecule has 0 radical (unpaired) electrons. The second-order valence-corrected chi connectivity index (χ2v) is 7.28. The zero-order valence-electron chi connectivity index (χ0n) is 16.4. The molecule has 1 aliphatic carbocycles. The van der Waals surface area contributed by atoms with E-state index in [9.17, 15) is 18.8 Å². The highest BCUT2D eigenvalue weighted by Gasteiger charge is 2.16. The van der Waals surface area contributed by atoms with E-state index in [2.05, 4.69) is 5.32 Å². The van der Waals surface area contributed by atoms with Crippen molar-refractivity contribution in [2.45, 2.75) is 45.6 Å². The van der Waals surface area contributed by atoms with Gasteiger partial charge in [0.05, 0.1) is 6.42 Å². The van der Waals surface area contributed by atoms with Crippen LogP contribution >= 0.6 is 0 Å². The lowest BCUT2D eigenvalue weighted by Crippen LogP contribution is -2.28. The monoisotopic (exact) mass is 397 g/mol. The average molecular weight is 397 g/mol. The van der Waals surface area contributed by atoms with E-state index in [-0.39, 0.29) is 31.0 Å². The predicted molar refractivity (Wildman–Crippen MR) is 106 cm³/mol. The zero-order chi connectivity index (χ0) is 20.8. The van der Waals surface area contributed by atoms with Gasteiger partial charge in [0.1, 0.15) is 5.82 Å². The minimum Gasteiger partial charge on any atom is -0.456 e. The number of ether oxygens (including phenoxy) is 1. The van der Waals surface area contributed by atoms with E-state index in [1.165, 1.54) is 17.2 Å². The van der Waals surface area contributed by atoms with Crippen molar-refractivity contribution in [3.05, 3.63) is 70.0 Å². The number of esters is 1. The molecule has 0 atom stereocenters. The van der Waals surface area contributed by atoms with Crippen molar-refractivity contribution in [1.29, 1.82) is 0 Å². The van der Waals surface area contributed by atoms with Crippen LogP contribution in [0.3, 0.4) is 0 Å². The van der Waals surface area contributed by atoms with Crippen LogP contribution in [-0.2, 0) is 33.7 Å². The van der Waals surface area contributed by atoms with E-state index in [0.717, 1.165) is 19.3 Å². The highest BCUT2D eigenvalue weighted by atomic mass is 19.1. The highest BCUT2D eigenvalue weighted by Crippen LogP contribution is 2.23. The molecule has 0 unspecified atom stereocenters. The summed E-state index contributed by atoms with van der Waals surface area (Å²) in [5.74, 6) is -1.53. The molecule has 1 N–H and O–H groups in total. The van der Waals surface area contributed by atoms with Gasteiger partial charge in [0.15, 0.2) is 12.4 Å². The summed E-state index contributed by atoms with van der Waals surface area (Å²) in [6, 6.07) is 10.4. The molecule has 0 bridgehead atoms. The van der Waals surface area contributed by atoms with Crippen molar-refractivity contribution in [3.63, 3.8) is 0 Å². The molecule has 2 aromatic rings. The van der Waals surface area contributed by atoms with E-state index >= 15 is 0 Å². The van der Waals surface area contributed by atoms with E-state index in [1.807, 2.05) is 12.1 Å². The Hall–Kier alpha value is -3.02. The van der Waals surface area contributed by atoms with Gasteiger partial charge in [0.2, 0.25) is 0 Å². The number of rotatable bonds is 8. The van der Waals surface area contributed by atoms with E-state index < -0.39 is 18.5 Å². The van der Waals surface area contributed by atoms with Gasteiger partial charge in [-0.05, 0) is 60.6 Å². The fourth-order valence-electron chi connectivity index (χ4n) is 3.32. The van der Waals surface area contributed by atoms with E-state index in [0.29, 0.717) is 16.7 Å². The summed E-state index contributed by atoms with van der Waals surface area (Å²) >= 11 is 0. The van der Waals surface area contributed by atoms with Crippen LogP contribution in [0, 0.1) is 12.7 Å². The minimum absolute atomic E-state index is 0.0435. The molecule has 152 valence electrons. The van der Waals surface area contributed by atoms with Crippen molar-refractivity contribution < 1.29 is 23.5 Å². The first kappa shape index (κ1) is 20.7. The Kier molecular flexibility index (Phi) is 6.75. The number of hydrogen-bond donors (Lipinski definition) is 1. The van der Waals surface area contributed by atoms with Crippen LogP contribution in [0.25, 0.3) is 0 Å². The van der Waals surface area contributed by atoms with Crippen molar-refractivity contribution in [3.8, 4) is 0 Å². The quantitative estimate of drug-likeness (QED) is 0.547. The Bertz CT molecular complexity index is 938. The molecule has 0 spiro atoms. The van der Waals surface area contributed by atoms with Gasteiger partial charge in [-0.15, -0.1) is 0 Å². The van der Waals surface area contributed by atoms with Crippen LogP contribution in [0.1, 0.15) is 51.9 Å². The number of ketones is 1. The lowest BCUT2D eigenvalue weighted by Gasteiger charge is -2.08. The molecule has 0 heterocycles. The molecular weight excluding hydrogens is 373 g/mol. The molecule has 0 saturated heterocycles. The van der Waals surface area contributed by atoms with Gasteiger partial charge in [-0.3, -0.25) is 14.4 Å². The number of halogens is 1. The van der Waals surface area contributed by atoms with Gasteiger partial charge >= 0.3 is 5.97 Å². The van der Waals surface area contributed by atoms with Crippen LogP contribution in [0.4, 0.5) is 4.39 Å². The maximum atomic E-state index is 13.5. The summed E-state index contributed by atoms with van der Waals surface area (Å²) in [6.07, 6.45) is 3.12. The molecule has 0 aromatic heterocycles. The molecule has 5 nitrogen and oxygen atoms in total. The molecule has 0 aliphatic heterocycles. The Morgan fingerprint density at radius 2 is 1.83 bits per heavy atom. The summed E-state index contributed by atoms with van der Waals surface area (Å²) in [5, 5.41) is 2.57. The Morgan fingerprint density at radius 3 is 2.62 bits per heavy atom. The highest BCUT2D eigenvalue weighted by molar-refractivity contribution is 5.98. The molecule has 0 saturated carbocycles. The van der Waals surface area contributed by atoms with Crippen LogP contribution in [-0.4, -0.2) is 24.3 Å². The first-order chi connectivity index (χ1) is 13.9. The maximum Gasteiger partial charge on any atom is 0.306 e. The van der Waals surface area contributed by atoms with Crippen LogP contribution in [0.5, 0.6) is 0 Å². The van der Waals surface area contributed by atoms with Crippen molar-refractivity contribution in [2.75, 3.05) is 6.61 Å². The second kappa shape index (κ2) is 9.45. The minimum atomic E-state index is -0.601. The maximum absolute atomic E-state index is 13.5. The Morgan fingerprint density at radius 1 is 1.03 bits per heavy atom. The summed E-state index contributed by atoms with van der Waals surface area (Å²) in [4.78, 5) is 35.9. The summed E-state index contributed by atoms with van der Waals surface area (Å²) in [7, 11) is 0. The number of amides is 1. The number of fused-ring (bicyclic) bond motifs is 1. The average Bonchev–Trinajstić information content (AvgIpc) is 3.19. The number of Topliss-reactive ketones (excluding diaryl/α,β-unsaturated/α-hetero) is 1. The van der Waals surface area contributed by atoms with Crippen molar-refractivity contribution >= 4 is 17.7 Å². The molecule has 1 aliphatic rings. The first-order valence-electron chi connectivity index (χ1n) is 9.75. The number of benzene rings is 2. The van der Waals surface area contributed by atoms with Gasteiger partial charge in [-0.2, -0.15) is 0 Å². The van der Waals surface area contributed by atoms with Crippen LogP contribution in [0.15, 0.2) is 36.4 Å². The predicted octanol–water partition coefficient (Wildman–Crippen LogP) is 3.45. The van der Waals surface area contributed by atoms with Crippen molar-refractivity contribution in [1.82, 2.24) is 5.32 Å². The fraction of sp³-hybridized carbons (Fsp3) is 0.348. The van der Waals surface area contributed by atoms with Crippen LogP contribution < -0.4 is 5.32 Å². The molecule has 29 heavy (non-hydrogen) atoms. The number of carbonyl (C=O) groups is 3. The molecule has 0 fully saturated rings. The standard InChI is InChI=1S/C23H24FNO4/c1-15-5-6-16(11-20(15)24)13-25-22(27)14-29-23(28)10-9-21(26)19-8-7-17-3-2-4-18(17)12-19/h5-8,11-12H,2-4,9-10,13-14H2,1H3,(H,25,27). The van der Waals surface area contributed by atoms with Gasteiger partial charge < -0.3 is 10.1 Å². The molecule has 2 aromatic carbocycles. The number of aryl methyl sites for hydroxylation is 3. The van der Waals surface area contributed by atoms with Gasteiger partial charge in [-0.1, -0.05) is 24.3 Å².